The molecule has 2 unspecified atom stereocenters. The maximum absolute atomic E-state index is 12.3. The van der Waals surface area contributed by atoms with E-state index in [0.29, 0.717) is 6.04 Å². The van der Waals surface area contributed by atoms with Gasteiger partial charge in [0.1, 0.15) is 0 Å². The van der Waals surface area contributed by atoms with Crippen LogP contribution >= 0.6 is 0 Å². The molecule has 16 heavy (non-hydrogen) atoms. The summed E-state index contributed by atoms with van der Waals surface area (Å²) in [6, 6.07) is 0.292. The third-order valence-electron chi connectivity index (χ3n) is 2.86. The molecule has 1 fully saturated rings. The summed E-state index contributed by atoms with van der Waals surface area (Å²) in [6.07, 6.45) is 0. The van der Waals surface area contributed by atoms with Gasteiger partial charge in [0.15, 0.2) is 0 Å². The number of carbonyl (C=O) groups excluding carboxylic acids is 1. The first kappa shape index (κ1) is 13.5. The van der Waals surface area contributed by atoms with Crippen LogP contribution in [0.1, 0.15) is 27.7 Å². The highest BCUT2D eigenvalue weighted by atomic mass is 16.2. The Hall–Kier alpha value is -0.610. The van der Waals surface area contributed by atoms with E-state index in [4.69, 9.17) is 0 Å². The largest absolute Gasteiger partial charge is 0.335 e. The number of rotatable bonds is 2. The van der Waals surface area contributed by atoms with Gasteiger partial charge in [-0.05, 0) is 41.8 Å². The standard InChI is InChI=1S/C12H25N3O/c1-9-7-15(12(2,3)4)11(16)10(13-9)8-14(5)6/h9-10,13H,7-8H2,1-6H3. The summed E-state index contributed by atoms with van der Waals surface area (Å²) in [5.74, 6) is 0.222. The van der Waals surface area contributed by atoms with E-state index in [0.717, 1.165) is 13.1 Å². The van der Waals surface area contributed by atoms with Gasteiger partial charge >= 0.3 is 0 Å². The molecule has 0 saturated carbocycles. The van der Waals surface area contributed by atoms with Gasteiger partial charge in [-0.25, -0.2) is 0 Å². The number of nitrogens with one attached hydrogen (secondary N) is 1. The van der Waals surface area contributed by atoms with Gasteiger partial charge < -0.3 is 15.1 Å². The first-order valence-electron chi connectivity index (χ1n) is 5.94. The molecule has 0 aliphatic carbocycles. The third kappa shape index (κ3) is 3.19. The molecule has 0 aromatic heterocycles. The van der Waals surface area contributed by atoms with Crippen molar-refractivity contribution < 1.29 is 4.79 Å². The van der Waals surface area contributed by atoms with Gasteiger partial charge in [0.05, 0.1) is 6.04 Å². The van der Waals surface area contributed by atoms with E-state index in [1.807, 2.05) is 19.0 Å². The molecule has 1 aliphatic heterocycles. The first-order valence-corrected chi connectivity index (χ1v) is 5.94. The van der Waals surface area contributed by atoms with Crippen molar-refractivity contribution in [1.82, 2.24) is 15.1 Å². The van der Waals surface area contributed by atoms with E-state index in [1.165, 1.54) is 0 Å². The molecule has 4 heteroatoms. The van der Waals surface area contributed by atoms with Crippen molar-refractivity contribution >= 4 is 5.91 Å². The van der Waals surface area contributed by atoms with Gasteiger partial charge in [-0.3, -0.25) is 4.79 Å². The highest BCUT2D eigenvalue weighted by Gasteiger charge is 2.37. The van der Waals surface area contributed by atoms with E-state index < -0.39 is 0 Å². The second-order valence-corrected chi connectivity index (χ2v) is 6.00. The number of carbonyl (C=O) groups is 1. The van der Waals surface area contributed by atoms with Gasteiger partial charge in [0.25, 0.3) is 0 Å². The van der Waals surface area contributed by atoms with Crippen molar-refractivity contribution in [2.75, 3.05) is 27.2 Å². The maximum atomic E-state index is 12.3. The van der Waals surface area contributed by atoms with Crippen LogP contribution in [0.3, 0.4) is 0 Å². The Balaban J connectivity index is 2.78. The number of piperazine rings is 1. The molecule has 1 aliphatic rings. The van der Waals surface area contributed by atoms with E-state index in [1.54, 1.807) is 0 Å². The van der Waals surface area contributed by atoms with Gasteiger partial charge in [-0.2, -0.15) is 0 Å². The van der Waals surface area contributed by atoms with Gasteiger partial charge in [0.2, 0.25) is 5.91 Å². The topological polar surface area (TPSA) is 35.6 Å². The van der Waals surface area contributed by atoms with E-state index >= 15 is 0 Å². The minimum Gasteiger partial charge on any atom is -0.335 e. The molecule has 4 nitrogen and oxygen atoms in total. The predicted molar refractivity (Wildman–Crippen MR) is 66.4 cm³/mol. The Bertz CT molecular complexity index is 255. The Labute approximate surface area is 99.0 Å². The summed E-state index contributed by atoms with van der Waals surface area (Å²) >= 11 is 0. The van der Waals surface area contributed by atoms with E-state index in [9.17, 15) is 4.79 Å². The molecule has 0 aromatic carbocycles. The molecule has 0 bridgehead atoms. The zero-order valence-corrected chi connectivity index (χ0v) is 11.4. The minimum atomic E-state index is -0.0853. The summed E-state index contributed by atoms with van der Waals surface area (Å²) in [5.41, 5.74) is -0.0853. The first-order chi connectivity index (χ1) is 7.21. The molecule has 1 amide bonds. The Kier molecular flexibility index (Phi) is 3.97. The molecule has 1 rings (SSSR count). The van der Waals surface area contributed by atoms with Crippen LogP contribution in [0.4, 0.5) is 0 Å². The number of amides is 1. The summed E-state index contributed by atoms with van der Waals surface area (Å²) in [7, 11) is 3.99. The summed E-state index contributed by atoms with van der Waals surface area (Å²) in [4.78, 5) is 16.3. The SMILES string of the molecule is CC1CN(C(C)(C)C)C(=O)C(CN(C)C)N1. The fraction of sp³-hybridized carbons (Fsp3) is 0.917. The predicted octanol–water partition coefficient (Wildman–Crippen LogP) is 0.535. The lowest BCUT2D eigenvalue weighted by Crippen LogP contribution is -2.65. The molecule has 0 radical (unpaired) electrons. The normalized spacial score (nSPS) is 27.7. The van der Waals surface area contributed by atoms with Crippen LogP contribution in [0.2, 0.25) is 0 Å². The molecule has 2 atom stereocenters. The molecule has 1 heterocycles. The fourth-order valence-electron chi connectivity index (χ4n) is 2.12. The lowest BCUT2D eigenvalue weighted by molar-refractivity contribution is -0.142. The van der Waals surface area contributed by atoms with Crippen molar-refractivity contribution in [3.63, 3.8) is 0 Å². The Morgan fingerprint density at radius 3 is 2.44 bits per heavy atom. The zero-order chi connectivity index (χ0) is 12.5. The molecular formula is C12H25N3O. The van der Waals surface area contributed by atoms with Crippen molar-refractivity contribution in [3.8, 4) is 0 Å². The monoisotopic (exact) mass is 227 g/mol. The summed E-state index contributed by atoms with van der Waals surface area (Å²) in [5, 5.41) is 3.37. The molecule has 0 spiro atoms. The quantitative estimate of drug-likeness (QED) is 0.748. The Morgan fingerprint density at radius 1 is 1.44 bits per heavy atom. The van der Waals surface area contributed by atoms with Crippen LogP contribution in [0, 0.1) is 0 Å². The number of likely N-dealkylation sites (N-methyl/N-ethyl adjacent to an activating group) is 1. The Morgan fingerprint density at radius 2 is 2.00 bits per heavy atom. The van der Waals surface area contributed by atoms with E-state index in [-0.39, 0.29) is 17.5 Å². The van der Waals surface area contributed by atoms with Gasteiger partial charge in [0, 0.05) is 24.7 Å². The second-order valence-electron chi connectivity index (χ2n) is 6.00. The van der Waals surface area contributed by atoms with Crippen LogP contribution in [0.5, 0.6) is 0 Å². The van der Waals surface area contributed by atoms with Crippen molar-refractivity contribution in [1.29, 1.82) is 0 Å². The van der Waals surface area contributed by atoms with Crippen molar-refractivity contribution in [2.45, 2.75) is 45.3 Å². The van der Waals surface area contributed by atoms with Crippen LogP contribution in [-0.4, -0.2) is 60.5 Å². The van der Waals surface area contributed by atoms with E-state index in [2.05, 4.69) is 37.9 Å². The molecule has 1 saturated heterocycles. The number of nitrogens with zero attached hydrogens (tertiary/aromatic N) is 2. The summed E-state index contributed by atoms with van der Waals surface area (Å²) in [6.45, 7) is 9.97. The molecule has 94 valence electrons. The second kappa shape index (κ2) is 4.72. The average Bonchev–Trinajstić information content (AvgIpc) is 2.07. The average molecular weight is 227 g/mol. The highest BCUT2D eigenvalue weighted by Crippen LogP contribution is 2.18. The van der Waals surface area contributed by atoms with Crippen LogP contribution in [0.15, 0.2) is 0 Å². The van der Waals surface area contributed by atoms with Crippen molar-refractivity contribution in [2.24, 2.45) is 0 Å². The van der Waals surface area contributed by atoms with Gasteiger partial charge in [-0.15, -0.1) is 0 Å². The number of hydrogen-bond acceptors (Lipinski definition) is 3. The highest BCUT2D eigenvalue weighted by molar-refractivity contribution is 5.83. The molecular weight excluding hydrogens is 202 g/mol. The van der Waals surface area contributed by atoms with Gasteiger partial charge in [-0.1, -0.05) is 0 Å². The third-order valence-corrected chi connectivity index (χ3v) is 2.86. The van der Waals surface area contributed by atoms with Crippen molar-refractivity contribution in [3.05, 3.63) is 0 Å². The molecule has 1 N–H and O–H groups in total. The lowest BCUT2D eigenvalue weighted by atomic mass is 10.00. The van der Waals surface area contributed by atoms with Crippen LogP contribution < -0.4 is 5.32 Å². The summed E-state index contributed by atoms with van der Waals surface area (Å²) < 4.78 is 0. The fourth-order valence-corrected chi connectivity index (χ4v) is 2.12. The molecule has 0 aromatic rings. The lowest BCUT2D eigenvalue weighted by Gasteiger charge is -2.44. The number of hydrogen-bond donors (Lipinski definition) is 1. The zero-order valence-electron chi connectivity index (χ0n) is 11.4. The van der Waals surface area contributed by atoms with Crippen LogP contribution in [-0.2, 0) is 4.79 Å². The maximum Gasteiger partial charge on any atom is 0.241 e. The smallest absolute Gasteiger partial charge is 0.241 e. The van der Waals surface area contributed by atoms with Crippen LogP contribution in [0.25, 0.3) is 0 Å². The minimum absolute atomic E-state index is 0.0713.